The Kier molecular flexibility index (Phi) is 6.55. The zero-order chi connectivity index (χ0) is 23.5. The van der Waals surface area contributed by atoms with Crippen molar-refractivity contribution < 1.29 is 5.11 Å². The van der Waals surface area contributed by atoms with E-state index in [1.807, 2.05) is 23.7 Å². The zero-order valence-corrected chi connectivity index (χ0v) is 19.8. The van der Waals surface area contributed by atoms with Crippen molar-refractivity contribution in [3.8, 4) is 11.3 Å². The number of hydrogen-bond donors (Lipinski definition) is 4. The molecule has 9 heteroatoms. The molecule has 0 amide bonds. The van der Waals surface area contributed by atoms with Crippen LogP contribution in [-0.4, -0.2) is 61.5 Å². The minimum Gasteiger partial charge on any atom is -0.391 e. The third-order valence-corrected chi connectivity index (χ3v) is 6.50. The molecule has 178 valence electrons. The topological polar surface area (TPSA) is 112 Å². The minimum atomic E-state index is -0.411. The first-order valence-electron chi connectivity index (χ1n) is 12.2. The van der Waals surface area contributed by atoms with E-state index in [0.29, 0.717) is 30.8 Å². The fourth-order valence-corrected chi connectivity index (χ4v) is 4.51. The van der Waals surface area contributed by atoms with Crippen molar-refractivity contribution >= 4 is 28.2 Å². The van der Waals surface area contributed by atoms with Gasteiger partial charge in [-0.05, 0) is 62.1 Å². The molecule has 0 radical (unpaired) electrons. The minimum absolute atomic E-state index is 0.364. The van der Waals surface area contributed by atoms with Crippen molar-refractivity contribution in [1.29, 1.82) is 0 Å². The molecule has 4 heterocycles. The Labute approximate surface area is 199 Å². The second-order valence-corrected chi connectivity index (χ2v) is 8.88. The largest absolute Gasteiger partial charge is 0.391 e. The van der Waals surface area contributed by atoms with Crippen LogP contribution >= 0.6 is 0 Å². The lowest BCUT2D eigenvalue weighted by Crippen LogP contribution is -2.38. The van der Waals surface area contributed by atoms with Gasteiger partial charge in [-0.1, -0.05) is 13.8 Å². The molecule has 0 saturated carbocycles. The average molecular weight is 461 g/mol. The lowest BCUT2D eigenvalue weighted by atomic mass is 10.0. The Morgan fingerprint density at radius 2 is 2.15 bits per heavy atom. The number of hydrogen-bond acceptors (Lipinski definition) is 8. The van der Waals surface area contributed by atoms with Crippen molar-refractivity contribution in [1.82, 2.24) is 29.9 Å². The molecule has 9 nitrogen and oxygen atoms in total. The molecule has 0 spiro atoms. The number of aromatic nitrogens is 5. The van der Waals surface area contributed by atoms with Crippen LogP contribution in [0.4, 0.5) is 11.8 Å². The Balaban J connectivity index is 1.48. The molecule has 2 atom stereocenters. The molecule has 0 bridgehead atoms. The molecular formula is C25H32N8O. The van der Waals surface area contributed by atoms with Gasteiger partial charge in [-0.25, -0.2) is 19.5 Å². The molecule has 1 aromatic carbocycles. The third-order valence-electron chi connectivity index (χ3n) is 6.50. The van der Waals surface area contributed by atoms with Crippen LogP contribution in [0.5, 0.6) is 0 Å². The van der Waals surface area contributed by atoms with Crippen LogP contribution in [-0.2, 0) is 6.42 Å². The number of nitrogens with one attached hydrogen (secondary N) is 3. The Morgan fingerprint density at radius 1 is 1.24 bits per heavy atom. The van der Waals surface area contributed by atoms with Crippen LogP contribution in [0.15, 0.2) is 36.8 Å². The SMILES string of the molecule is CCc1cc(-c2ccc3c(NCC(O)CC)ncnn23)cc2cnc(NC3CCCNC3)nc12. The average Bonchev–Trinajstić information content (AvgIpc) is 3.32. The van der Waals surface area contributed by atoms with E-state index in [1.54, 1.807) is 6.33 Å². The predicted octanol–water partition coefficient (Wildman–Crippen LogP) is 3.25. The van der Waals surface area contributed by atoms with Gasteiger partial charge in [0.1, 0.15) is 11.8 Å². The quantitative estimate of drug-likeness (QED) is 0.317. The molecule has 4 aromatic rings. The van der Waals surface area contributed by atoms with Gasteiger partial charge >= 0.3 is 0 Å². The highest BCUT2D eigenvalue weighted by Gasteiger charge is 2.16. The summed E-state index contributed by atoms with van der Waals surface area (Å²) in [5, 5.41) is 25.6. The van der Waals surface area contributed by atoms with E-state index in [1.165, 1.54) is 12.0 Å². The number of aryl methyl sites for hydroxylation is 1. The summed E-state index contributed by atoms with van der Waals surface area (Å²) in [5.74, 6) is 1.40. The number of piperidine rings is 1. The summed E-state index contributed by atoms with van der Waals surface area (Å²) in [5.41, 5.74) is 5.06. The molecule has 2 unspecified atom stereocenters. The fraction of sp³-hybridized carbons (Fsp3) is 0.440. The Morgan fingerprint density at radius 3 is 2.94 bits per heavy atom. The summed E-state index contributed by atoms with van der Waals surface area (Å²) in [7, 11) is 0. The number of benzene rings is 1. The first-order chi connectivity index (χ1) is 16.7. The monoisotopic (exact) mass is 460 g/mol. The van der Waals surface area contributed by atoms with Gasteiger partial charge in [0.2, 0.25) is 5.95 Å². The van der Waals surface area contributed by atoms with Gasteiger partial charge in [0.05, 0.1) is 17.3 Å². The standard InChI is InChI=1S/C25H32N8O/c1-3-16-10-17(11-18-12-28-25(32-23(16)18)31-19-6-5-9-26-13-19)21-7-8-22-24(27-14-20(34)4-2)29-15-30-33(21)22/h7-8,10-12,15,19-20,26,34H,3-6,9,13-14H2,1-2H3,(H,27,29,30)(H,28,31,32). The van der Waals surface area contributed by atoms with E-state index in [2.05, 4.69) is 56.1 Å². The smallest absolute Gasteiger partial charge is 0.223 e. The number of aliphatic hydroxyl groups is 1. The number of rotatable bonds is 8. The van der Waals surface area contributed by atoms with Crippen LogP contribution in [0.25, 0.3) is 27.7 Å². The Hall–Kier alpha value is -3.30. The molecule has 34 heavy (non-hydrogen) atoms. The van der Waals surface area contributed by atoms with Crippen LogP contribution < -0.4 is 16.0 Å². The highest BCUT2D eigenvalue weighted by atomic mass is 16.3. The zero-order valence-electron chi connectivity index (χ0n) is 19.8. The van der Waals surface area contributed by atoms with Crippen LogP contribution in [0.3, 0.4) is 0 Å². The summed E-state index contributed by atoms with van der Waals surface area (Å²) >= 11 is 0. The van der Waals surface area contributed by atoms with Crippen molar-refractivity contribution in [3.05, 3.63) is 42.4 Å². The highest BCUT2D eigenvalue weighted by Crippen LogP contribution is 2.30. The van der Waals surface area contributed by atoms with E-state index in [0.717, 1.165) is 53.6 Å². The van der Waals surface area contributed by atoms with Gasteiger partial charge in [0, 0.05) is 36.3 Å². The second-order valence-electron chi connectivity index (χ2n) is 8.88. The Bertz CT molecular complexity index is 1280. The summed E-state index contributed by atoms with van der Waals surface area (Å²) < 4.78 is 1.89. The highest BCUT2D eigenvalue weighted by molar-refractivity contribution is 5.88. The maximum Gasteiger partial charge on any atom is 0.223 e. The lowest BCUT2D eigenvalue weighted by Gasteiger charge is -2.23. The van der Waals surface area contributed by atoms with Crippen LogP contribution in [0.1, 0.15) is 38.7 Å². The van der Waals surface area contributed by atoms with Gasteiger partial charge in [-0.15, -0.1) is 0 Å². The first kappa shape index (κ1) is 22.5. The van der Waals surface area contributed by atoms with Crippen molar-refractivity contribution in [2.45, 2.75) is 51.7 Å². The number of aliphatic hydroxyl groups excluding tert-OH is 1. The first-order valence-corrected chi connectivity index (χ1v) is 12.2. The summed E-state index contributed by atoms with van der Waals surface area (Å²) in [6.45, 7) is 6.58. The summed E-state index contributed by atoms with van der Waals surface area (Å²) in [4.78, 5) is 13.9. The lowest BCUT2D eigenvalue weighted by molar-refractivity contribution is 0.183. The molecule has 1 aliphatic heterocycles. The third kappa shape index (κ3) is 4.53. The molecule has 3 aromatic heterocycles. The van der Waals surface area contributed by atoms with Crippen molar-refractivity contribution in [2.75, 3.05) is 30.3 Å². The molecule has 5 rings (SSSR count). The number of anilines is 2. The summed E-state index contributed by atoms with van der Waals surface area (Å²) in [6, 6.07) is 8.74. The molecular weight excluding hydrogens is 428 g/mol. The molecule has 4 N–H and O–H groups in total. The molecule has 1 fully saturated rings. The van der Waals surface area contributed by atoms with Crippen LogP contribution in [0.2, 0.25) is 0 Å². The van der Waals surface area contributed by atoms with E-state index < -0.39 is 6.10 Å². The van der Waals surface area contributed by atoms with Gasteiger partial charge in [-0.3, -0.25) is 0 Å². The van der Waals surface area contributed by atoms with E-state index in [9.17, 15) is 5.11 Å². The molecule has 1 saturated heterocycles. The predicted molar refractivity (Wildman–Crippen MR) is 135 cm³/mol. The second kappa shape index (κ2) is 9.90. The van der Waals surface area contributed by atoms with Crippen molar-refractivity contribution in [3.63, 3.8) is 0 Å². The van der Waals surface area contributed by atoms with Crippen molar-refractivity contribution in [2.24, 2.45) is 0 Å². The van der Waals surface area contributed by atoms with Gasteiger partial charge in [0.15, 0.2) is 5.82 Å². The number of fused-ring (bicyclic) bond motifs is 2. The van der Waals surface area contributed by atoms with Gasteiger partial charge in [0.25, 0.3) is 0 Å². The molecule has 0 aliphatic carbocycles. The number of nitrogens with zero attached hydrogens (tertiary/aromatic N) is 5. The summed E-state index contributed by atoms with van der Waals surface area (Å²) in [6.07, 6.45) is 6.89. The fourth-order valence-electron chi connectivity index (χ4n) is 4.51. The normalized spacial score (nSPS) is 17.2. The van der Waals surface area contributed by atoms with Gasteiger partial charge in [-0.2, -0.15) is 5.10 Å². The molecule has 1 aliphatic rings. The maximum absolute atomic E-state index is 9.91. The van der Waals surface area contributed by atoms with Crippen LogP contribution in [0, 0.1) is 0 Å². The maximum atomic E-state index is 9.91. The van der Waals surface area contributed by atoms with Gasteiger partial charge < -0.3 is 21.1 Å². The van der Waals surface area contributed by atoms with E-state index in [4.69, 9.17) is 4.98 Å². The van der Waals surface area contributed by atoms with E-state index in [-0.39, 0.29) is 0 Å². The van der Waals surface area contributed by atoms with E-state index >= 15 is 0 Å².